The van der Waals surface area contributed by atoms with E-state index >= 15 is 0 Å². The molecule has 0 bridgehead atoms. The van der Waals surface area contributed by atoms with Crippen LogP contribution in [-0.2, 0) is 16.3 Å². The van der Waals surface area contributed by atoms with Crippen LogP contribution in [0.3, 0.4) is 0 Å². The standard InChI is InChI=1S/C13H17N3O2S/c1-3-4-9-7-10-8-11(19(2,17)18)5-6-12(10)15-13(9)16-14/h5-8H,3-4,14H2,1-2H3,(H,15,16). The lowest BCUT2D eigenvalue weighted by Crippen LogP contribution is -2.11. The van der Waals surface area contributed by atoms with E-state index in [-0.39, 0.29) is 0 Å². The Bertz CT molecular complexity index is 711. The summed E-state index contributed by atoms with van der Waals surface area (Å²) in [5.74, 6) is 6.10. The van der Waals surface area contributed by atoms with Gasteiger partial charge >= 0.3 is 0 Å². The zero-order chi connectivity index (χ0) is 14.0. The van der Waals surface area contributed by atoms with Crippen LogP contribution >= 0.6 is 0 Å². The zero-order valence-corrected chi connectivity index (χ0v) is 11.8. The van der Waals surface area contributed by atoms with Crippen molar-refractivity contribution in [3.8, 4) is 0 Å². The Morgan fingerprint density at radius 2 is 2.05 bits per heavy atom. The molecule has 6 heteroatoms. The van der Waals surface area contributed by atoms with Crippen LogP contribution < -0.4 is 11.3 Å². The van der Waals surface area contributed by atoms with Crippen LogP contribution in [0, 0.1) is 0 Å². The van der Waals surface area contributed by atoms with E-state index in [1.165, 1.54) is 6.26 Å². The summed E-state index contributed by atoms with van der Waals surface area (Å²) in [6.07, 6.45) is 3.00. The highest BCUT2D eigenvalue weighted by molar-refractivity contribution is 7.90. The second-order valence-corrected chi connectivity index (χ2v) is 6.53. The summed E-state index contributed by atoms with van der Waals surface area (Å²) in [7, 11) is -3.20. The molecular formula is C13H17N3O2S. The molecule has 1 aromatic heterocycles. The van der Waals surface area contributed by atoms with Gasteiger partial charge in [-0.3, -0.25) is 0 Å². The van der Waals surface area contributed by atoms with Crippen molar-refractivity contribution < 1.29 is 8.42 Å². The number of hydrogen-bond acceptors (Lipinski definition) is 5. The Morgan fingerprint density at radius 1 is 1.32 bits per heavy atom. The van der Waals surface area contributed by atoms with Crippen molar-refractivity contribution in [2.24, 2.45) is 5.84 Å². The van der Waals surface area contributed by atoms with Crippen LogP contribution in [0.5, 0.6) is 0 Å². The summed E-state index contributed by atoms with van der Waals surface area (Å²) < 4.78 is 23.1. The van der Waals surface area contributed by atoms with Gasteiger partial charge in [0.15, 0.2) is 9.84 Å². The maximum Gasteiger partial charge on any atom is 0.175 e. The lowest BCUT2D eigenvalue weighted by Gasteiger charge is -2.09. The Morgan fingerprint density at radius 3 is 2.63 bits per heavy atom. The number of aryl methyl sites for hydroxylation is 1. The zero-order valence-electron chi connectivity index (χ0n) is 11.0. The van der Waals surface area contributed by atoms with E-state index in [9.17, 15) is 8.42 Å². The Hall–Kier alpha value is -1.66. The van der Waals surface area contributed by atoms with Crippen LogP contribution in [-0.4, -0.2) is 19.7 Å². The van der Waals surface area contributed by atoms with Gasteiger partial charge in [0, 0.05) is 11.6 Å². The highest BCUT2D eigenvalue weighted by Crippen LogP contribution is 2.23. The molecule has 1 aromatic carbocycles. The molecule has 0 atom stereocenters. The maximum atomic E-state index is 11.6. The predicted molar refractivity (Wildman–Crippen MR) is 76.7 cm³/mol. The molecule has 0 aliphatic carbocycles. The molecule has 0 amide bonds. The number of nitrogens with two attached hydrogens (primary N) is 1. The van der Waals surface area contributed by atoms with E-state index in [0.29, 0.717) is 10.7 Å². The number of hydrogen-bond donors (Lipinski definition) is 2. The topological polar surface area (TPSA) is 85.1 Å². The van der Waals surface area contributed by atoms with Gasteiger partial charge in [0.05, 0.1) is 10.4 Å². The minimum atomic E-state index is -3.20. The molecule has 0 spiro atoms. The summed E-state index contributed by atoms with van der Waals surface area (Å²) >= 11 is 0. The highest BCUT2D eigenvalue weighted by atomic mass is 32.2. The third-order valence-electron chi connectivity index (χ3n) is 2.95. The number of nitrogens with one attached hydrogen (secondary N) is 1. The molecule has 3 N–H and O–H groups in total. The average Bonchev–Trinajstić information content (AvgIpc) is 2.36. The summed E-state index contributed by atoms with van der Waals surface area (Å²) in [5, 5.41) is 0.811. The fourth-order valence-corrected chi connectivity index (χ4v) is 2.67. The van der Waals surface area contributed by atoms with E-state index < -0.39 is 9.84 Å². The molecule has 0 aliphatic rings. The van der Waals surface area contributed by atoms with Crippen LogP contribution in [0.4, 0.5) is 5.82 Å². The second-order valence-electron chi connectivity index (χ2n) is 4.52. The lowest BCUT2D eigenvalue weighted by atomic mass is 10.1. The maximum absolute atomic E-state index is 11.6. The monoisotopic (exact) mass is 279 g/mol. The number of nitrogen functional groups attached to an aromatic ring is 1. The smallest absolute Gasteiger partial charge is 0.175 e. The molecule has 0 aliphatic heterocycles. The minimum Gasteiger partial charge on any atom is -0.308 e. The largest absolute Gasteiger partial charge is 0.308 e. The van der Waals surface area contributed by atoms with Crippen molar-refractivity contribution >= 4 is 26.6 Å². The normalized spacial score (nSPS) is 11.7. The van der Waals surface area contributed by atoms with Gasteiger partial charge in [-0.2, -0.15) is 0 Å². The van der Waals surface area contributed by atoms with Crippen molar-refractivity contribution in [3.05, 3.63) is 29.8 Å². The summed E-state index contributed by atoms with van der Waals surface area (Å²) in [5.41, 5.74) is 4.30. The van der Waals surface area contributed by atoms with Crippen LogP contribution in [0.1, 0.15) is 18.9 Å². The third kappa shape index (κ3) is 2.85. The summed E-state index contributed by atoms with van der Waals surface area (Å²) in [6, 6.07) is 6.85. The lowest BCUT2D eigenvalue weighted by molar-refractivity contribution is 0.602. The molecule has 0 fully saturated rings. The number of nitrogens with zero attached hydrogens (tertiary/aromatic N) is 1. The van der Waals surface area contributed by atoms with Gasteiger partial charge in [0.2, 0.25) is 0 Å². The first kappa shape index (κ1) is 13.8. The van der Waals surface area contributed by atoms with Crippen molar-refractivity contribution in [1.82, 2.24) is 4.98 Å². The highest BCUT2D eigenvalue weighted by Gasteiger charge is 2.10. The minimum absolute atomic E-state index is 0.303. The number of sulfone groups is 1. The van der Waals surface area contributed by atoms with Crippen LogP contribution in [0.2, 0.25) is 0 Å². The molecule has 0 radical (unpaired) electrons. The first-order chi connectivity index (χ1) is 8.95. The molecular weight excluding hydrogens is 262 g/mol. The Kier molecular flexibility index (Phi) is 3.73. The van der Waals surface area contributed by atoms with Gasteiger partial charge in [-0.15, -0.1) is 0 Å². The fraction of sp³-hybridized carbons (Fsp3) is 0.308. The molecule has 0 unspecified atom stereocenters. The van der Waals surface area contributed by atoms with Crippen molar-refractivity contribution in [3.63, 3.8) is 0 Å². The number of pyridine rings is 1. The average molecular weight is 279 g/mol. The molecule has 19 heavy (non-hydrogen) atoms. The number of hydrazine groups is 1. The Balaban J connectivity index is 2.65. The van der Waals surface area contributed by atoms with Crippen molar-refractivity contribution in [1.29, 1.82) is 0 Å². The van der Waals surface area contributed by atoms with E-state index in [2.05, 4.69) is 17.3 Å². The molecule has 1 heterocycles. The SMILES string of the molecule is CCCc1cc2cc(S(C)(=O)=O)ccc2nc1NN. The van der Waals surface area contributed by atoms with Gasteiger partial charge in [-0.05, 0) is 36.2 Å². The quantitative estimate of drug-likeness (QED) is 0.659. The third-order valence-corrected chi connectivity index (χ3v) is 4.06. The van der Waals surface area contributed by atoms with Crippen LogP contribution in [0.25, 0.3) is 10.9 Å². The summed E-state index contributed by atoms with van der Waals surface area (Å²) in [4.78, 5) is 4.71. The van der Waals surface area contributed by atoms with Crippen molar-refractivity contribution in [2.75, 3.05) is 11.7 Å². The molecule has 2 aromatic rings. The predicted octanol–water partition coefficient (Wildman–Crippen LogP) is 1.88. The number of rotatable bonds is 4. The molecule has 5 nitrogen and oxygen atoms in total. The van der Waals surface area contributed by atoms with Gasteiger partial charge in [0.25, 0.3) is 0 Å². The summed E-state index contributed by atoms with van der Waals surface area (Å²) in [6.45, 7) is 2.07. The van der Waals surface area contributed by atoms with Gasteiger partial charge < -0.3 is 5.43 Å². The molecule has 0 saturated carbocycles. The second kappa shape index (κ2) is 5.14. The van der Waals surface area contributed by atoms with E-state index in [1.807, 2.05) is 6.07 Å². The van der Waals surface area contributed by atoms with E-state index in [0.717, 1.165) is 29.3 Å². The van der Waals surface area contributed by atoms with Gasteiger partial charge in [-0.1, -0.05) is 13.3 Å². The first-order valence-corrected chi connectivity index (χ1v) is 7.95. The van der Waals surface area contributed by atoms with Gasteiger partial charge in [0.1, 0.15) is 5.82 Å². The van der Waals surface area contributed by atoms with E-state index in [4.69, 9.17) is 5.84 Å². The van der Waals surface area contributed by atoms with Crippen molar-refractivity contribution in [2.45, 2.75) is 24.7 Å². The molecule has 2 rings (SSSR count). The molecule has 0 saturated heterocycles. The number of benzene rings is 1. The van der Waals surface area contributed by atoms with Gasteiger partial charge in [-0.25, -0.2) is 19.2 Å². The Labute approximate surface area is 112 Å². The van der Waals surface area contributed by atoms with Crippen LogP contribution in [0.15, 0.2) is 29.2 Å². The number of anilines is 1. The number of fused-ring (bicyclic) bond motifs is 1. The molecule has 102 valence electrons. The number of aromatic nitrogens is 1. The fourth-order valence-electron chi connectivity index (χ4n) is 2.01. The first-order valence-electron chi connectivity index (χ1n) is 6.06. The van der Waals surface area contributed by atoms with E-state index in [1.54, 1.807) is 18.2 Å².